The number of halogens is 2. The van der Waals surface area contributed by atoms with Crippen LogP contribution in [0, 0.1) is 5.82 Å². The van der Waals surface area contributed by atoms with Crippen LogP contribution in [0.15, 0.2) is 36.4 Å². The molecule has 0 heterocycles. The lowest BCUT2D eigenvalue weighted by Gasteiger charge is -2.19. The summed E-state index contributed by atoms with van der Waals surface area (Å²) in [6, 6.07) is 10.1. The summed E-state index contributed by atoms with van der Waals surface area (Å²) < 4.78 is 24.5. The summed E-state index contributed by atoms with van der Waals surface area (Å²) in [5.41, 5.74) is 1.61. The molecule has 0 aliphatic heterocycles. The molecule has 2 N–H and O–H groups in total. The van der Waals surface area contributed by atoms with Gasteiger partial charge in [0.15, 0.2) is 16.6 Å². The van der Waals surface area contributed by atoms with E-state index >= 15 is 0 Å². The van der Waals surface area contributed by atoms with Crippen LogP contribution in [0.2, 0.25) is 5.02 Å². The van der Waals surface area contributed by atoms with Gasteiger partial charge in [0.25, 0.3) is 0 Å². The molecule has 2 aromatic rings. The standard InChI is InChI=1S/C19H22ClFN2O2S/c1-4-24-17-9-6-13(10-18(17)25-5-2)12(3)22-19(26)23-14-7-8-16(21)15(20)11-14/h6-12H,4-5H2,1-3H3,(H2,22,23,26)/t12-/m1/s1. The number of hydrogen-bond donors (Lipinski definition) is 2. The number of rotatable bonds is 7. The Bertz CT molecular complexity index is 773. The minimum absolute atomic E-state index is 0.0405. The topological polar surface area (TPSA) is 42.5 Å². The van der Waals surface area contributed by atoms with Gasteiger partial charge in [0, 0.05) is 5.69 Å². The van der Waals surface area contributed by atoms with Crippen molar-refractivity contribution in [1.82, 2.24) is 5.32 Å². The Morgan fingerprint density at radius 3 is 2.46 bits per heavy atom. The Labute approximate surface area is 163 Å². The SMILES string of the molecule is CCOc1ccc([C@@H](C)NC(=S)Nc2ccc(F)c(Cl)c2)cc1OCC. The van der Waals surface area contributed by atoms with E-state index in [1.807, 2.05) is 39.0 Å². The molecule has 7 heteroatoms. The van der Waals surface area contributed by atoms with E-state index in [1.54, 1.807) is 6.07 Å². The maximum Gasteiger partial charge on any atom is 0.171 e. The summed E-state index contributed by atoms with van der Waals surface area (Å²) in [6.07, 6.45) is 0. The van der Waals surface area contributed by atoms with Crippen LogP contribution in [0.5, 0.6) is 11.5 Å². The maximum atomic E-state index is 13.2. The molecule has 26 heavy (non-hydrogen) atoms. The molecule has 0 spiro atoms. The minimum Gasteiger partial charge on any atom is -0.490 e. The van der Waals surface area contributed by atoms with Gasteiger partial charge < -0.3 is 20.1 Å². The van der Waals surface area contributed by atoms with Crippen molar-refractivity contribution in [2.75, 3.05) is 18.5 Å². The van der Waals surface area contributed by atoms with E-state index in [4.69, 9.17) is 33.3 Å². The predicted octanol–water partition coefficient (Wildman–Crippen LogP) is 5.32. The number of benzene rings is 2. The Kier molecular flexibility index (Phi) is 7.48. The van der Waals surface area contributed by atoms with Crippen LogP contribution in [0.1, 0.15) is 32.4 Å². The number of anilines is 1. The molecule has 0 aromatic heterocycles. The molecule has 0 aliphatic carbocycles. The molecule has 0 aliphatic rings. The zero-order valence-electron chi connectivity index (χ0n) is 14.9. The van der Waals surface area contributed by atoms with Crippen molar-refractivity contribution < 1.29 is 13.9 Å². The molecule has 4 nitrogen and oxygen atoms in total. The molecule has 0 saturated carbocycles. The average Bonchev–Trinajstić information content (AvgIpc) is 2.60. The highest BCUT2D eigenvalue weighted by atomic mass is 35.5. The van der Waals surface area contributed by atoms with Crippen molar-refractivity contribution in [3.63, 3.8) is 0 Å². The predicted molar refractivity (Wildman–Crippen MR) is 108 cm³/mol. The number of nitrogens with one attached hydrogen (secondary N) is 2. The number of hydrogen-bond acceptors (Lipinski definition) is 3. The van der Waals surface area contributed by atoms with Crippen molar-refractivity contribution in [2.24, 2.45) is 0 Å². The second kappa shape index (κ2) is 9.59. The first-order valence-electron chi connectivity index (χ1n) is 8.36. The van der Waals surface area contributed by atoms with Gasteiger partial charge in [-0.25, -0.2) is 4.39 Å². The van der Waals surface area contributed by atoms with Gasteiger partial charge in [-0.1, -0.05) is 17.7 Å². The van der Waals surface area contributed by atoms with E-state index in [9.17, 15) is 4.39 Å². The quantitative estimate of drug-likeness (QED) is 0.619. The van der Waals surface area contributed by atoms with Gasteiger partial charge in [-0.2, -0.15) is 0 Å². The highest BCUT2D eigenvalue weighted by molar-refractivity contribution is 7.80. The fourth-order valence-corrected chi connectivity index (χ4v) is 2.83. The molecule has 140 valence electrons. The van der Waals surface area contributed by atoms with Crippen molar-refractivity contribution in [1.29, 1.82) is 0 Å². The summed E-state index contributed by atoms with van der Waals surface area (Å²) in [5.74, 6) is 0.943. The monoisotopic (exact) mass is 396 g/mol. The van der Waals surface area contributed by atoms with Gasteiger partial charge in [0.2, 0.25) is 0 Å². The van der Waals surface area contributed by atoms with Crippen LogP contribution in [-0.4, -0.2) is 18.3 Å². The van der Waals surface area contributed by atoms with Crippen molar-refractivity contribution in [2.45, 2.75) is 26.8 Å². The van der Waals surface area contributed by atoms with Crippen LogP contribution < -0.4 is 20.1 Å². The molecule has 1 atom stereocenters. The van der Waals surface area contributed by atoms with E-state index in [0.29, 0.717) is 35.5 Å². The van der Waals surface area contributed by atoms with Crippen LogP contribution in [0.4, 0.5) is 10.1 Å². The average molecular weight is 397 g/mol. The van der Waals surface area contributed by atoms with Gasteiger partial charge >= 0.3 is 0 Å². The third-order valence-electron chi connectivity index (χ3n) is 3.59. The minimum atomic E-state index is -0.470. The fourth-order valence-electron chi connectivity index (χ4n) is 2.36. The third kappa shape index (κ3) is 5.47. The van der Waals surface area contributed by atoms with E-state index in [1.165, 1.54) is 12.1 Å². The van der Waals surface area contributed by atoms with Gasteiger partial charge in [0.05, 0.1) is 24.3 Å². The van der Waals surface area contributed by atoms with Crippen LogP contribution >= 0.6 is 23.8 Å². The number of thiocarbonyl (C=S) groups is 1. The lowest BCUT2D eigenvalue weighted by atomic mass is 10.1. The third-order valence-corrected chi connectivity index (χ3v) is 4.10. The molecule has 0 amide bonds. The van der Waals surface area contributed by atoms with Gasteiger partial charge in [-0.3, -0.25) is 0 Å². The summed E-state index contributed by atoms with van der Waals surface area (Å²) >= 11 is 11.1. The Hall–Kier alpha value is -2.05. The molecule has 0 bridgehead atoms. The van der Waals surface area contributed by atoms with Gasteiger partial charge in [-0.05, 0) is 68.9 Å². The van der Waals surface area contributed by atoms with E-state index in [-0.39, 0.29) is 11.1 Å². The normalized spacial score (nSPS) is 11.6. The van der Waals surface area contributed by atoms with Crippen molar-refractivity contribution in [3.05, 3.63) is 52.8 Å². The lowest BCUT2D eigenvalue weighted by Crippen LogP contribution is -2.30. The smallest absolute Gasteiger partial charge is 0.171 e. The molecule has 0 fully saturated rings. The van der Waals surface area contributed by atoms with Crippen LogP contribution in [0.3, 0.4) is 0 Å². The molecule has 0 radical (unpaired) electrons. The first-order valence-corrected chi connectivity index (χ1v) is 9.15. The fraction of sp³-hybridized carbons (Fsp3) is 0.316. The largest absolute Gasteiger partial charge is 0.490 e. The van der Waals surface area contributed by atoms with Crippen LogP contribution in [-0.2, 0) is 0 Å². The summed E-state index contributed by atoms with van der Waals surface area (Å²) in [7, 11) is 0. The zero-order valence-corrected chi connectivity index (χ0v) is 16.5. The first kappa shape index (κ1) is 20.3. The lowest BCUT2D eigenvalue weighted by molar-refractivity contribution is 0.287. The van der Waals surface area contributed by atoms with E-state index in [2.05, 4.69) is 10.6 Å². The first-order chi connectivity index (χ1) is 12.4. The molecule has 2 aromatic carbocycles. The van der Waals surface area contributed by atoms with Crippen molar-refractivity contribution in [3.8, 4) is 11.5 Å². The van der Waals surface area contributed by atoms with E-state index < -0.39 is 5.82 Å². The molecular formula is C19H22ClFN2O2S. The highest BCUT2D eigenvalue weighted by Crippen LogP contribution is 2.30. The molecule has 2 rings (SSSR count). The second-order valence-corrected chi connectivity index (χ2v) is 6.34. The van der Waals surface area contributed by atoms with Crippen LogP contribution in [0.25, 0.3) is 0 Å². The molecule has 0 unspecified atom stereocenters. The number of ether oxygens (including phenoxy) is 2. The highest BCUT2D eigenvalue weighted by Gasteiger charge is 2.12. The summed E-state index contributed by atoms with van der Waals surface area (Å²) in [6.45, 7) is 6.96. The van der Waals surface area contributed by atoms with Gasteiger partial charge in [0.1, 0.15) is 5.82 Å². The van der Waals surface area contributed by atoms with Gasteiger partial charge in [-0.15, -0.1) is 0 Å². The Balaban J connectivity index is 2.05. The maximum absolute atomic E-state index is 13.2. The zero-order chi connectivity index (χ0) is 19.1. The Morgan fingerprint density at radius 1 is 1.12 bits per heavy atom. The Morgan fingerprint density at radius 2 is 1.81 bits per heavy atom. The summed E-state index contributed by atoms with van der Waals surface area (Å²) in [4.78, 5) is 0. The molecule has 0 saturated heterocycles. The van der Waals surface area contributed by atoms with E-state index in [0.717, 1.165) is 5.56 Å². The summed E-state index contributed by atoms with van der Waals surface area (Å²) in [5, 5.41) is 6.63. The molecular weight excluding hydrogens is 375 g/mol. The second-order valence-electron chi connectivity index (χ2n) is 5.52. The van der Waals surface area contributed by atoms with Crippen molar-refractivity contribution >= 4 is 34.6 Å².